The lowest BCUT2D eigenvalue weighted by atomic mass is 10.1. The summed E-state index contributed by atoms with van der Waals surface area (Å²) < 4.78 is 1.59. The van der Waals surface area contributed by atoms with Gasteiger partial charge in [-0.25, -0.2) is 0 Å². The third-order valence-electron chi connectivity index (χ3n) is 2.72. The molecule has 0 saturated heterocycles. The average Bonchev–Trinajstić information content (AvgIpc) is 2.79. The summed E-state index contributed by atoms with van der Waals surface area (Å²) in [5, 5.41) is 0.814. The fourth-order valence-electron chi connectivity index (χ4n) is 1.86. The zero-order valence-electron chi connectivity index (χ0n) is 9.43. The third-order valence-corrected chi connectivity index (χ3v) is 2.72. The zero-order valence-corrected chi connectivity index (χ0v) is 9.43. The van der Waals surface area contributed by atoms with Crippen LogP contribution in [-0.4, -0.2) is 16.8 Å². The van der Waals surface area contributed by atoms with Crippen LogP contribution < -0.4 is 0 Å². The Morgan fingerprint density at radius 3 is 2.88 bits per heavy atom. The van der Waals surface area contributed by atoms with Gasteiger partial charge in [-0.2, -0.15) is 0 Å². The molecule has 0 N–H and O–H groups in total. The highest BCUT2D eigenvalue weighted by atomic mass is 16.2. The van der Waals surface area contributed by atoms with Crippen LogP contribution in [0.3, 0.4) is 0 Å². The predicted molar refractivity (Wildman–Crippen MR) is 67.4 cm³/mol. The van der Waals surface area contributed by atoms with Gasteiger partial charge in [-0.1, -0.05) is 18.2 Å². The number of rotatable bonds is 4. The fraction of sp³-hybridized carbons (Fsp3) is 0.143. The number of benzene rings is 1. The van der Waals surface area contributed by atoms with Gasteiger partial charge in [0.1, 0.15) is 0 Å². The van der Waals surface area contributed by atoms with Crippen molar-refractivity contribution in [3.63, 3.8) is 0 Å². The Bertz CT molecular complexity index is 581. The number of aldehydes is 1. The second-order valence-corrected chi connectivity index (χ2v) is 3.80. The standard InChI is InChI=1S/C14H13NO2/c1-2-3-7-14(17)15-9-8-12-11(10-16)5-4-6-13(12)15/h2,4-6,8-10H,1,3,7H2. The Morgan fingerprint density at radius 1 is 1.35 bits per heavy atom. The second kappa shape index (κ2) is 4.78. The first kappa shape index (κ1) is 11.3. The summed E-state index contributed by atoms with van der Waals surface area (Å²) in [6, 6.07) is 7.16. The van der Waals surface area contributed by atoms with Gasteiger partial charge in [0.25, 0.3) is 0 Å². The number of hydrogen-bond donors (Lipinski definition) is 0. The van der Waals surface area contributed by atoms with Crippen LogP contribution in [0, 0.1) is 0 Å². The molecule has 1 aromatic heterocycles. The number of carbonyl (C=O) groups excluding carboxylic acids is 2. The van der Waals surface area contributed by atoms with Crippen molar-refractivity contribution in [2.75, 3.05) is 0 Å². The minimum absolute atomic E-state index is 0.0166. The van der Waals surface area contributed by atoms with Crippen molar-refractivity contribution in [1.29, 1.82) is 0 Å². The van der Waals surface area contributed by atoms with Crippen molar-refractivity contribution in [2.24, 2.45) is 0 Å². The number of fused-ring (bicyclic) bond motifs is 1. The van der Waals surface area contributed by atoms with E-state index in [1.54, 1.807) is 35.0 Å². The molecule has 0 amide bonds. The first-order valence-electron chi connectivity index (χ1n) is 5.47. The van der Waals surface area contributed by atoms with E-state index in [0.717, 1.165) is 17.2 Å². The normalized spacial score (nSPS) is 10.4. The molecule has 0 radical (unpaired) electrons. The van der Waals surface area contributed by atoms with E-state index in [0.29, 0.717) is 18.4 Å². The van der Waals surface area contributed by atoms with Gasteiger partial charge in [0.2, 0.25) is 5.91 Å². The Kier molecular flexibility index (Phi) is 3.19. The molecule has 0 atom stereocenters. The maximum atomic E-state index is 11.9. The Balaban J connectivity index is 2.46. The Hall–Kier alpha value is -2.16. The molecule has 1 aromatic carbocycles. The van der Waals surface area contributed by atoms with Gasteiger partial charge >= 0.3 is 0 Å². The number of allylic oxidation sites excluding steroid dienone is 1. The van der Waals surface area contributed by atoms with Crippen LogP contribution in [0.1, 0.15) is 28.0 Å². The van der Waals surface area contributed by atoms with Crippen LogP contribution in [0.2, 0.25) is 0 Å². The summed E-state index contributed by atoms with van der Waals surface area (Å²) in [7, 11) is 0. The number of carbonyl (C=O) groups is 2. The molecule has 17 heavy (non-hydrogen) atoms. The highest BCUT2D eigenvalue weighted by Crippen LogP contribution is 2.19. The van der Waals surface area contributed by atoms with Crippen molar-refractivity contribution in [3.8, 4) is 0 Å². The first-order valence-corrected chi connectivity index (χ1v) is 5.47. The van der Waals surface area contributed by atoms with Crippen LogP contribution >= 0.6 is 0 Å². The highest BCUT2D eigenvalue weighted by molar-refractivity contribution is 6.01. The monoisotopic (exact) mass is 227 g/mol. The fourth-order valence-corrected chi connectivity index (χ4v) is 1.86. The maximum absolute atomic E-state index is 11.9. The summed E-state index contributed by atoms with van der Waals surface area (Å²) in [4.78, 5) is 22.8. The van der Waals surface area contributed by atoms with Crippen molar-refractivity contribution < 1.29 is 9.59 Å². The van der Waals surface area contributed by atoms with E-state index in [9.17, 15) is 9.59 Å². The molecule has 86 valence electrons. The highest BCUT2D eigenvalue weighted by Gasteiger charge is 2.09. The van der Waals surface area contributed by atoms with Gasteiger partial charge in [0.15, 0.2) is 6.29 Å². The molecule has 0 unspecified atom stereocenters. The molecular formula is C14H13NO2. The zero-order chi connectivity index (χ0) is 12.3. The minimum Gasteiger partial charge on any atom is -0.298 e. The summed E-state index contributed by atoms with van der Waals surface area (Å²) in [6.07, 6.45) is 5.33. The van der Waals surface area contributed by atoms with E-state index >= 15 is 0 Å². The molecule has 1 heterocycles. The van der Waals surface area contributed by atoms with Crippen molar-refractivity contribution >= 4 is 23.1 Å². The lowest BCUT2D eigenvalue weighted by molar-refractivity contribution is 0.0909. The topological polar surface area (TPSA) is 39.1 Å². The number of nitrogens with zero attached hydrogens (tertiary/aromatic N) is 1. The van der Waals surface area contributed by atoms with E-state index in [1.807, 2.05) is 6.07 Å². The summed E-state index contributed by atoms with van der Waals surface area (Å²) >= 11 is 0. The van der Waals surface area contributed by atoms with Crippen LogP contribution in [0.4, 0.5) is 0 Å². The predicted octanol–water partition coefficient (Wildman–Crippen LogP) is 3.06. The molecule has 2 aromatic rings. The molecule has 0 aliphatic carbocycles. The second-order valence-electron chi connectivity index (χ2n) is 3.80. The molecule has 0 aliphatic heterocycles. The van der Waals surface area contributed by atoms with Crippen LogP contribution in [0.15, 0.2) is 43.1 Å². The Morgan fingerprint density at radius 2 is 2.18 bits per heavy atom. The molecule has 2 rings (SSSR count). The summed E-state index contributed by atoms with van der Waals surface area (Å²) in [6.45, 7) is 3.60. The molecule has 3 heteroatoms. The van der Waals surface area contributed by atoms with Crippen LogP contribution in [0.25, 0.3) is 10.9 Å². The van der Waals surface area contributed by atoms with Gasteiger partial charge in [-0.15, -0.1) is 6.58 Å². The maximum Gasteiger partial charge on any atom is 0.231 e. The van der Waals surface area contributed by atoms with Gasteiger partial charge in [-0.3, -0.25) is 14.2 Å². The van der Waals surface area contributed by atoms with Gasteiger partial charge in [-0.05, 0) is 18.6 Å². The lowest BCUT2D eigenvalue weighted by Crippen LogP contribution is -2.08. The smallest absolute Gasteiger partial charge is 0.231 e. The summed E-state index contributed by atoms with van der Waals surface area (Å²) in [5.74, 6) is 0.0166. The minimum atomic E-state index is 0.0166. The van der Waals surface area contributed by atoms with Crippen molar-refractivity contribution in [1.82, 2.24) is 4.57 Å². The summed E-state index contributed by atoms with van der Waals surface area (Å²) in [5.41, 5.74) is 1.39. The SMILES string of the molecule is C=CCCC(=O)n1ccc2c(C=O)cccc21. The molecule has 0 fully saturated rings. The lowest BCUT2D eigenvalue weighted by Gasteiger charge is -2.03. The molecule has 0 aliphatic rings. The van der Waals surface area contributed by atoms with Crippen LogP contribution in [0.5, 0.6) is 0 Å². The molecule has 3 nitrogen and oxygen atoms in total. The van der Waals surface area contributed by atoms with Crippen molar-refractivity contribution in [2.45, 2.75) is 12.8 Å². The van der Waals surface area contributed by atoms with Gasteiger partial charge < -0.3 is 0 Å². The molecule has 0 bridgehead atoms. The van der Waals surface area contributed by atoms with Gasteiger partial charge in [0, 0.05) is 23.6 Å². The van der Waals surface area contributed by atoms with E-state index in [1.165, 1.54) is 0 Å². The van der Waals surface area contributed by atoms with Crippen molar-refractivity contribution in [3.05, 3.63) is 48.7 Å². The third kappa shape index (κ3) is 2.04. The van der Waals surface area contributed by atoms with Crippen LogP contribution in [-0.2, 0) is 0 Å². The van der Waals surface area contributed by atoms with E-state index in [-0.39, 0.29) is 5.91 Å². The Labute approximate surface area is 99.4 Å². The molecule has 0 spiro atoms. The van der Waals surface area contributed by atoms with E-state index < -0.39 is 0 Å². The molecular weight excluding hydrogens is 214 g/mol. The molecule has 0 saturated carbocycles. The first-order chi connectivity index (χ1) is 8.27. The average molecular weight is 227 g/mol. The largest absolute Gasteiger partial charge is 0.298 e. The quantitative estimate of drug-likeness (QED) is 0.594. The van der Waals surface area contributed by atoms with E-state index in [4.69, 9.17) is 0 Å². The number of hydrogen-bond acceptors (Lipinski definition) is 2. The number of aromatic nitrogens is 1. The van der Waals surface area contributed by atoms with E-state index in [2.05, 4.69) is 6.58 Å². The van der Waals surface area contributed by atoms with Gasteiger partial charge in [0.05, 0.1) is 5.52 Å².